The third-order valence-corrected chi connectivity index (χ3v) is 6.32. The van der Waals surface area contributed by atoms with E-state index in [1.54, 1.807) is 12.5 Å². The molecule has 7 heteroatoms. The van der Waals surface area contributed by atoms with E-state index in [2.05, 4.69) is 52.2 Å². The second-order valence-electron chi connectivity index (χ2n) is 8.58. The minimum Gasteiger partial charge on any atom is -0.368 e. The van der Waals surface area contributed by atoms with Crippen molar-refractivity contribution in [1.82, 2.24) is 20.2 Å². The first-order chi connectivity index (χ1) is 15.0. The van der Waals surface area contributed by atoms with Crippen LogP contribution in [0.1, 0.15) is 56.4 Å². The Labute approximate surface area is 184 Å². The van der Waals surface area contributed by atoms with Gasteiger partial charge in [-0.15, -0.1) is 0 Å². The lowest BCUT2D eigenvalue weighted by molar-refractivity contribution is -0.131. The van der Waals surface area contributed by atoms with Crippen LogP contribution in [0, 0.1) is 5.92 Å². The van der Waals surface area contributed by atoms with Crippen molar-refractivity contribution in [3.8, 4) is 0 Å². The molecule has 0 spiro atoms. The van der Waals surface area contributed by atoms with Crippen molar-refractivity contribution in [3.05, 3.63) is 53.6 Å². The molecule has 0 fully saturated rings. The number of fused-ring (bicyclic) bond motifs is 1. The van der Waals surface area contributed by atoms with Crippen LogP contribution in [0.15, 0.2) is 36.8 Å². The number of nitrogens with one attached hydrogen (secondary N) is 2. The smallest absolute Gasteiger partial charge is 0.240 e. The van der Waals surface area contributed by atoms with Crippen LogP contribution in [-0.4, -0.2) is 45.3 Å². The van der Waals surface area contributed by atoms with Gasteiger partial charge >= 0.3 is 0 Å². The number of hydrogen-bond donors (Lipinski definition) is 3. The summed E-state index contributed by atoms with van der Waals surface area (Å²) in [6, 6.07) is 7.23. The van der Waals surface area contributed by atoms with E-state index in [0.717, 1.165) is 25.2 Å². The van der Waals surface area contributed by atoms with Crippen LogP contribution in [0.25, 0.3) is 0 Å². The fraction of sp³-hybridized carbons (Fsp3) is 0.542. The Kier molecular flexibility index (Phi) is 8.23. The maximum Gasteiger partial charge on any atom is 0.240 e. The van der Waals surface area contributed by atoms with E-state index in [0.29, 0.717) is 18.8 Å². The molecule has 1 aliphatic rings. The molecule has 2 aromatic rings. The van der Waals surface area contributed by atoms with E-state index < -0.39 is 11.9 Å². The molecular weight excluding hydrogens is 390 g/mol. The summed E-state index contributed by atoms with van der Waals surface area (Å²) >= 11 is 0. The number of rotatable bonds is 11. The molecule has 3 atom stereocenters. The van der Waals surface area contributed by atoms with Crippen molar-refractivity contribution < 1.29 is 9.59 Å². The second-order valence-corrected chi connectivity index (χ2v) is 8.58. The molecule has 0 saturated heterocycles. The molecule has 0 saturated carbocycles. The first-order valence-corrected chi connectivity index (χ1v) is 11.4. The summed E-state index contributed by atoms with van der Waals surface area (Å²) < 4.78 is 0. The van der Waals surface area contributed by atoms with Gasteiger partial charge in [-0.1, -0.05) is 57.4 Å². The van der Waals surface area contributed by atoms with E-state index in [1.807, 2.05) is 6.07 Å². The highest BCUT2D eigenvalue weighted by molar-refractivity contribution is 5.89. The molecule has 7 nitrogen and oxygen atoms in total. The van der Waals surface area contributed by atoms with Crippen molar-refractivity contribution in [2.24, 2.45) is 11.7 Å². The molecule has 31 heavy (non-hydrogen) atoms. The van der Waals surface area contributed by atoms with Gasteiger partial charge in [0.25, 0.3) is 0 Å². The molecule has 2 heterocycles. The Morgan fingerprint density at radius 3 is 2.71 bits per heavy atom. The van der Waals surface area contributed by atoms with Crippen LogP contribution >= 0.6 is 0 Å². The number of primary amides is 1. The number of aromatic amines is 1. The Hall–Kier alpha value is -2.67. The van der Waals surface area contributed by atoms with E-state index in [1.165, 1.54) is 30.4 Å². The van der Waals surface area contributed by atoms with Gasteiger partial charge in [-0.05, 0) is 29.9 Å². The topological polar surface area (TPSA) is 104 Å². The van der Waals surface area contributed by atoms with E-state index in [9.17, 15) is 9.59 Å². The summed E-state index contributed by atoms with van der Waals surface area (Å²) in [6.07, 6.45) is 8.78. The van der Waals surface area contributed by atoms with Gasteiger partial charge in [-0.25, -0.2) is 4.98 Å². The molecule has 168 valence electrons. The van der Waals surface area contributed by atoms with Crippen molar-refractivity contribution in [2.45, 2.75) is 71.0 Å². The Bertz CT molecular complexity index is 851. The van der Waals surface area contributed by atoms with Gasteiger partial charge in [-0.2, -0.15) is 0 Å². The number of unbranched alkanes of at least 4 members (excludes halogenated alkanes) is 1. The van der Waals surface area contributed by atoms with Gasteiger partial charge in [0.15, 0.2) is 0 Å². The highest BCUT2D eigenvalue weighted by Gasteiger charge is 2.34. The van der Waals surface area contributed by atoms with Gasteiger partial charge in [0.05, 0.1) is 12.4 Å². The van der Waals surface area contributed by atoms with Gasteiger partial charge < -0.3 is 16.0 Å². The van der Waals surface area contributed by atoms with Gasteiger partial charge in [0.1, 0.15) is 6.04 Å². The first-order valence-electron chi connectivity index (χ1n) is 11.4. The van der Waals surface area contributed by atoms with Gasteiger partial charge in [-0.3, -0.25) is 14.5 Å². The molecule has 0 radical (unpaired) electrons. The summed E-state index contributed by atoms with van der Waals surface area (Å²) in [5.41, 5.74) is 8.84. The summed E-state index contributed by atoms with van der Waals surface area (Å²) in [4.78, 5) is 34.6. The summed E-state index contributed by atoms with van der Waals surface area (Å²) in [6.45, 7) is 6.06. The normalized spacial score (nSPS) is 18.2. The number of hydrogen-bond acceptors (Lipinski definition) is 4. The second kappa shape index (κ2) is 11.1. The molecule has 1 unspecified atom stereocenters. The minimum absolute atomic E-state index is 0.136. The average Bonchev–Trinajstić information content (AvgIpc) is 3.28. The molecule has 0 aliphatic carbocycles. The predicted octanol–water partition coefficient (Wildman–Crippen LogP) is 2.57. The van der Waals surface area contributed by atoms with Gasteiger partial charge in [0.2, 0.25) is 11.8 Å². The number of nitrogens with two attached hydrogens (primary N) is 1. The number of amides is 2. The summed E-state index contributed by atoms with van der Waals surface area (Å²) in [7, 11) is 0. The Morgan fingerprint density at radius 1 is 1.29 bits per heavy atom. The van der Waals surface area contributed by atoms with Crippen LogP contribution < -0.4 is 11.1 Å². The molecular formula is C24H35N5O2. The standard InChI is InChI=1S/C24H35N5O2/c1-3-5-8-17(4-2)14-29-15-19-10-7-6-9-18(19)11-22(29)24(31)28-21(23(25)30)12-20-13-26-16-27-20/h6-7,9-10,13,16-17,21-22H,3-5,8,11-12,14-15H2,1-2H3,(H2,25,30)(H,26,27)(H,28,31)/t17?,21-,22-/m0/s1. The lowest BCUT2D eigenvalue weighted by Gasteiger charge is -2.38. The van der Waals surface area contributed by atoms with Gasteiger partial charge in [0, 0.05) is 31.4 Å². The molecule has 1 aromatic carbocycles. The Balaban J connectivity index is 1.76. The quantitative estimate of drug-likeness (QED) is 0.515. The number of imidazole rings is 1. The van der Waals surface area contributed by atoms with Crippen molar-refractivity contribution in [1.29, 1.82) is 0 Å². The third kappa shape index (κ3) is 6.17. The minimum atomic E-state index is -0.769. The monoisotopic (exact) mass is 425 g/mol. The number of aromatic nitrogens is 2. The maximum absolute atomic E-state index is 13.4. The zero-order valence-corrected chi connectivity index (χ0v) is 18.6. The highest BCUT2D eigenvalue weighted by Crippen LogP contribution is 2.26. The third-order valence-electron chi connectivity index (χ3n) is 6.32. The molecule has 3 rings (SSSR count). The van der Waals surface area contributed by atoms with Crippen molar-refractivity contribution in [3.63, 3.8) is 0 Å². The van der Waals surface area contributed by atoms with Crippen LogP contribution in [0.5, 0.6) is 0 Å². The maximum atomic E-state index is 13.4. The number of carbonyl (C=O) groups is 2. The van der Waals surface area contributed by atoms with E-state index in [4.69, 9.17) is 5.73 Å². The molecule has 0 bridgehead atoms. The lowest BCUT2D eigenvalue weighted by atomic mass is 9.90. The molecule has 4 N–H and O–H groups in total. The summed E-state index contributed by atoms with van der Waals surface area (Å²) in [5.74, 6) is -0.124. The lowest BCUT2D eigenvalue weighted by Crippen LogP contribution is -2.56. The highest BCUT2D eigenvalue weighted by atomic mass is 16.2. The van der Waals surface area contributed by atoms with E-state index in [-0.39, 0.29) is 11.9 Å². The predicted molar refractivity (Wildman–Crippen MR) is 121 cm³/mol. The van der Waals surface area contributed by atoms with E-state index >= 15 is 0 Å². The van der Waals surface area contributed by atoms with Crippen molar-refractivity contribution >= 4 is 11.8 Å². The number of carbonyl (C=O) groups excluding carboxylic acids is 2. The largest absolute Gasteiger partial charge is 0.368 e. The fourth-order valence-electron chi connectivity index (χ4n) is 4.38. The Morgan fingerprint density at radius 2 is 2.06 bits per heavy atom. The molecule has 1 aliphatic heterocycles. The SMILES string of the molecule is CCCCC(CC)CN1Cc2ccccc2C[C@H]1C(=O)N[C@@H](Cc1cnc[nH]1)C(N)=O. The number of benzene rings is 1. The van der Waals surface area contributed by atoms with Crippen molar-refractivity contribution in [2.75, 3.05) is 6.54 Å². The fourth-order valence-corrected chi connectivity index (χ4v) is 4.38. The first kappa shape index (κ1) is 23.0. The number of nitrogens with zero attached hydrogens (tertiary/aromatic N) is 2. The molecule has 1 aromatic heterocycles. The zero-order chi connectivity index (χ0) is 22.2. The zero-order valence-electron chi connectivity index (χ0n) is 18.6. The van der Waals surface area contributed by atoms with Crippen LogP contribution in [-0.2, 0) is 29.0 Å². The average molecular weight is 426 g/mol. The van der Waals surface area contributed by atoms with Crippen LogP contribution in [0.2, 0.25) is 0 Å². The molecule has 2 amide bonds. The number of H-pyrrole nitrogens is 1. The van der Waals surface area contributed by atoms with Crippen LogP contribution in [0.3, 0.4) is 0 Å². The summed E-state index contributed by atoms with van der Waals surface area (Å²) in [5, 5.41) is 2.92. The van der Waals surface area contributed by atoms with Crippen LogP contribution in [0.4, 0.5) is 0 Å².